The average molecular weight is 288 g/mol. The number of aromatic amines is 1. The van der Waals surface area contributed by atoms with E-state index in [2.05, 4.69) is 37.0 Å². The van der Waals surface area contributed by atoms with Gasteiger partial charge in [0.2, 0.25) is 5.82 Å². The lowest BCUT2D eigenvalue weighted by Crippen LogP contribution is -2.38. The summed E-state index contributed by atoms with van der Waals surface area (Å²) < 4.78 is 2.07. The number of carbonyl (C=O) groups is 1. The van der Waals surface area contributed by atoms with E-state index in [1.165, 1.54) is 0 Å². The molecule has 0 bridgehead atoms. The highest BCUT2D eigenvalue weighted by atomic mass is 16.2. The van der Waals surface area contributed by atoms with Gasteiger partial charge in [0.1, 0.15) is 5.82 Å². The van der Waals surface area contributed by atoms with Crippen LogP contribution < -0.4 is 5.32 Å². The summed E-state index contributed by atoms with van der Waals surface area (Å²) >= 11 is 0. The molecular weight excluding hydrogens is 268 g/mol. The average Bonchev–Trinajstić information content (AvgIpc) is 3.19. The first-order chi connectivity index (χ1) is 10.3. The molecule has 2 aromatic heterocycles. The zero-order valence-electron chi connectivity index (χ0n) is 12.1. The first-order valence-electron chi connectivity index (χ1n) is 7.47. The monoisotopic (exact) mass is 288 g/mol. The molecule has 0 aromatic carbocycles. The largest absolute Gasteiger partial charge is 0.344 e. The van der Waals surface area contributed by atoms with Gasteiger partial charge in [0, 0.05) is 18.8 Å². The van der Waals surface area contributed by atoms with Crippen molar-refractivity contribution in [2.45, 2.75) is 51.1 Å². The van der Waals surface area contributed by atoms with Gasteiger partial charge >= 0.3 is 0 Å². The van der Waals surface area contributed by atoms with Crippen molar-refractivity contribution in [1.82, 2.24) is 30.0 Å². The molecule has 2 atom stereocenters. The summed E-state index contributed by atoms with van der Waals surface area (Å²) in [4.78, 5) is 20.6. The molecule has 21 heavy (non-hydrogen) atoms. The lowest BCUT2D eigenvalue weighted by Gasteiger charge is -2.21. The molecule has 2 N–H and O–H groups in total. The van der Waals surface area contributed by atoms with Gasteiger partial charge in [-0.15, -0.1) is 5.10 Å². The molecule has 1 aliphatic rings. The van der Waals surface area contributed by atoms with E-state index in [9.17, 15) is 4.79 Å². The number of amides is 1. The summed E-state index contributed by atoms with van der Waals surface area (Å²) in [6, 6.07) is 0.380. The highest BCUT2D eigenvalue weighted by molar-refractivity contribution is 5.90. The molecule has 2 unspecified atom stereocenters. The van der Waals surface area contributed by atoms with Gasteiger partial charge in [0.15, 0.2) is 0 Å². The number of imidazole rings is 1. The van der Waals surface area contributed by atoms with Crippen LogP contribution in [0.3, 0.4) is 0 Å². The second kappa shape index (κ2) is 6.07. The predicted octanol–water partition coefficient (Wildman–Crippen LogP) is 1.48. The van der Waals surface area contributed by atoms with Crippen LogP contribution in [0.25, 0.3) is 0 Å². The van der Waals surface area contributed by atoms with Crippen LogP contribution in [-0.4, -0.2) is 36.7 Å². The van der Waals surface area contributed by atoms with Gasteiger partial charge in [-0.1, -0.05) is 6.92 Å². The van der Waals surface area contributed by atoms with Crippen LogP contribution in [0.1, 0.15) is 55.1 Å². The third kappa shape index (κ3) is 2.96. The quantitative estimate of drug-likeness (QED) is 0.872. The molecule has 0 radical (unpaired) electrons. The van der Waals surface area contributed by atoms with Gasteiger partial charge < -0.3 is 9.88 Å². The van der Waals surface area contributed by atoms with Crippen LogP contribution in [0, 0.1) is 0 Å². The van der Waals surface area contributed by atoms with Crippen molar-refractivity contribution in [3.63, 3.8) is 0 Å². The Morgan fingerprint density at radius 1 is 1.52 bits per heavy atom. The Bertz CT molecular complexity index is 590. The molecule has 1 aliphatic carbocycles. The van der Waals surface area contributed by atoms with E-state index in [0.717, 1.165) is 37.9 Å². The van der Waals surface area contributed by atoms with E-state index in [-0.39, 0.29) is 23.8 Å². The van der Waals surface area contributed by atoms with Gasteiger partial charge in [-0.2, -0.15) is 0 Å². The molecule has 0 saturated heterocycles. The Balaban J connectivity index is 1.66. The van der Waals surface area contributed by atoms with E-state index in [0.29, 0.717) is 0 Å². The number of aryl methyl sites for hydroxylation is 1. The topological polar surface area (TPSA) is 88.5 Å². The fraction of sp³-hybridized carbons (Fsp3) is 0.571. The highest BCUT2D eigenvalue weighted by Crippen LogP contribution is 2.29. The maximum absolute atomic E-state index is 12.3. The fourth-order valence-corrected chi connectivity index (χ4v) is 2.91. The van der Waals surface area contributed by atoms with Gasteiger partial charge in [-0.25, -0.2) is 9.97 Å². The Kier molecular flexibility index (Phi) is 3.98. The maximum Gasteiger partial charge on any atom is 0.291 e. The number of nitrogens with one attached hydrogen (secondary N) is 2. The Hall–Kier alpha value is -2.18. The van der Waals surface area contributed by atoms with Gasteiger partial charge in [-0.05, 0) is 25.7 Å². The molecule has 3 rings (SSSR count). The van der Waals surface area contributed by atoms with Gasteiger partial charge in [-0.3, -0.25) is 9.89 Å². The highest BCUT2D eigenvalue weighted by Gasteiger charge is 2.30. The summed E-state index contributed by atoms with van der Waals surface area (Å²) in [5, 5.41) is 9.87. The minimum absolute atomic E-state index is 0.111. The summed E-state index contributed by atoms with van der Waals surface area (Å²) in [5.41, 5.74) is 0. The van der Waals surface area contributed by atoms with Crippen LogP contribution >= 0.6 is 0 Å². The molecule has 2 aromatic rings. The molecule has 0 aliphatic heterocycles. The smallest absolute Gasteiger partial charge is 0.291 e. The molecule has 1 amide bonds. The SMILES string of the molecule is CCCc1nc(C(=O)NC2CCCC2n2ccnc2)n[nH]1. The Morgan fingerprint density at radius 3 is 3.19 bits per heavy atom. The maximum atomic E-state index is 12.3. The molecule has 112 valence electrons. The number of carbonyl (C=O) groups excluding carboxylic acids is 1. The molecule has 7 nitrogen and oxygen atoms in total. The Labute approximate surface area is 123 Å². The number of nitrogens with zero attached hydrogens (tertiary/aromatic N) is 4. The van der Waals surface area contributed by atoms with Crippen molar-refractivity contribution < 1.29 is 4.79 Å². The lowest BCUT2D eigenvalue weighted by atomic mass is 10.1. The van der Waals surface area contributed by atoms with Crippen molar-refractivity contribution in [3.05, 3.63) is 30.4 Å². The second-order valence-electron chi connectivity index (χ2n) is 5.44. The van der Waals surface area contributed by atoms with Crippen LogP contribution in [0.5, 0.6) is 0 Å². The first kappa shape index (κ1) is 13.8. The van der Waals surface area contributed by atoms with E-state index >= 15 is 0 Å². The molecule has 2 heterocycles. The van der Waals surface area contributed by atoms with Crippen LogP contribution in [0.15, 0.2) is 18.7 Å². The van der Waals surface area contributed by atoms with E-state index in [1.807, 2.05) is 6.20 Å². The standard InChI is InChI=1S/C14H20N6O/c1-2-4-12-17-13(19-18-12)14(21)16-10-5-3-6-11(10)20-8-7-15-9-20/h7-11H,2-6H2,1H3,(H,16,21)(H,17,18,19). The van der Waals surface area contributed by atoms with E-state index in [1.54, 1.807) is 12.5 Å². The molecule has 1 saturated carbocycles. The van der Waals surface area contributed by atoms with Crippen LogP contribution in [0.4, 0.5) is 0 Å². The summed E-state index contributed by atoms with van der Waals surface area (Å²) in [6.07, 6.45) is 10.4. The summed E-state index contributed by atoms with van der Waals surface area (Å²) in [5.74, 6) is 0.792. The number of rotatable bonds is 5. The summed E-state index contributed by atoms with van der Waals surface area (Å²) in [7, 11) is 0. The minimum Gasteiger partial charge on any atom is -0.344 e. The van der Waals surface area contributed by atoms with Crippen molar-refractivity contribution in [3.8, 4) is 0 Å². The molecule has 1 fully saturated rings. The van der Waals surface area contributed by atoms with Crippen molar-refractivity contribution in [2.75, 3.05) is 0 Å². The molecule has 0 spiro atoms. The number of hydrogen-bond donors (Lipinski definition) is 2. The van der Waals surface area contributed by atoms with Crippen LogP contribution in [0.2, 0.25) is 0 Å². The zero-order valence-corrected chi connectivity index (χ0v) is 12.1. The van der Waals surface area contributed by atoms with Crippen LogP contribution in [-0.2, 0) is 6.42 Å². The van der Waals surface area contributed by atoms with E-state index in [4.69, 9.17) is 0 Å². The van der Waals surface area contributed by atoms with Crippen molar-refractivity contribution >= 4 is 5.91 Å². The normalized spacial score (nSPS) is 21.6. The third-order valence-corrected chi connectivity index (χ3v) is 3.93. The van der Waals surface area contributed by atoms with Crippen molar-refractivity contribution in [2.24, 2.45) is 0 Å². The molecular formula is C14H20N6O. The minimum atomic E-state index is -0.203. The summed E-state index contributed by atoms with van der Waals surface area (Å²) in [6.45, 7) is 2.07. The third-order valence-electron chi connectivity index (χ3n) is 3.93. The first-order valence-corrected chi connectivity index (χ1v) is 7.47. The van der Waals surface area contributed by atoms with Gasteiger partial charge in [0.25, 0.3) is 5.91 Å². The predicted molar refractivity (Wildman–Crippen MR) is 76.7 cm³/mol. The molecule has 7 heteroatoms. The second-order valence-corrected chi connectivity index (χ2v) is 5.44. The van der Waals surface area contributed by atoms with Crippen molar-refractivity contribution in [1.29, 1.82) is 0 Å². The number of aromatic nitrogens is 5. The number of H-pyrrole nitrogens is 1. The Morgan fingerprint density at radius 2 is 2.43 bits per heavy atom. The zero-order chi connectivity index (χ0) is 14.7. The fourth-order valence-electron chi connectivity index (χ4n) is 2.91. The number of hydrogen-bond acceptors (Lipinski definition) is 4. The van der Waals surface area contributed by atoms with Gasteiger partial charge in [0.05, 0.1) is 18.4 Å². The van der Waals surface area contributed by atoms with E-state index < -0.39 is 0 Å². The lowest BCUT2D eigenvalue weighted by molar-refractivity contribution is 0.0918.